The van der Waals surface area contributed by atoms with Gasteiger partial charge >= 0.3 is 11.9 Å². The fourth-order valence-corrected chi connectivity index (χ4v) is 6.48. The highest BCUT2D eigenvalue weighted by Gasteiger charge is 2.51. The van der Waals surface area contributed by atoms with Crippen molar-refractivity contribution in [2.24, 2.45) is 5.73 Å². The number of rotatable bonds is 5. The van der Waals surface area contributed by atoms with E-state index in [0.29, 0.717) is 22.1 Å². The summed E-state index contributed by atoms with van der Waals surface area (Å²) in [5, 5.41) is 23.3. The van der Waals surface area contributed by atoms with Gasteiger partial charge in [0.05, 0.1) is 5.69 Å². The molecule has 1 fully saturated rings. The number of hydrogen-bond acceptors (Lipinski definition) is 9. The number of aromatic carboxylic acids is 1. The van der Waals surface area contributed by atoms with Crippen molar-refractivity contribution >= 4 is 47.1 Å². The van der Waals surface area contributed by atoms with Crippen LogP contribution in [-0.4, -0.2) is 75.5 Å². The van der Waals surface area contributed by atoms with E-state index in [2.05, 4.69) is 15.1 Å². The van der Waals surface area contributed by atoms with Gasteiger partial charge in [0, 0.05) is 17.1 Å². The van der Waals surface area contributed by atoms with Crippen LogP contribution in [0.1, 0.15) is 28.3 Å². The fourth-order valence-electron chi connectivity index (χ4n) is 3.96. The Balaban J connectivity index is 1.48. The molecule has 2 aromatic rings. The Morgan fingerprint density at radius 1 is 1.23 bits per heavy atom. The molecule has 0 saturated carbocycles. The molecule has 0 spiro atoms. The molecule has 0 bridgehead atoms. The Morgan fingerprint density at radius 2 is 2.03 bits per heavy atom. The monoisotopic (exact) mass is 448 g/mol. The molecular formula is C17H16N6O5S2. The summed E-state index contributed by atoms with van der Waals surface area (Å²) in [4.78, 5) is 44.9. The van der Waals surface area contributed by atoms with Gasteiger partial charge in [-0.25, -0.2) is 19.1 Å². The van der Waals surface area contributed by atoms with E-state index in [1.807, 2.05) is 0 Å². The Bertz CT molecular complexity index is 1160. The first-order valence-corrected chi connectivity index (χ1v) is 11.2. The van der Waals surface area contributed by atoms with Crippen LogP contribution in [0.25, 0.3) is 5.78 Å². The maximum Gasteiger partial charge on any atom is 0.375 e. The van der Waals surface area contributed by atoms with E-state index in [1.54, 1.807) is 0 Å². The minimum atomic E-state index is -1.22. The number of carboxylic acids is 2. The van der Waals surface area contributed by atoms with Crippen LogP contribution >= 0.6 is 23.5 Å². The first kappa shape index (κ1) is 19.3. The van der Waals surface area contributed by atoms with Crippen LogP contribution in [-0.2, 0) is 22.4 Å². The number of thioether (sulfide) groups is 2. The number of aliphatic carboxylic acids is 1. The van der Waals surface area contributed by atoms with Crippen molar-refractivity contribution in [1.82, 2.24) is 24.5 Å². The van der Waals surface area contributed by atoms with Crippen molar-refractivity contribution in [3.8, 4) is 0 Å². The molecule has 0 radical (unpaired) electrons. The van der Waals surface area contributed by atoms with E-state index in [-0.39, 0.29) is 28.6 Å². The van der Waals surface area contributed by atoms with Crippen molar-refractivity contribution in [3.05, 3.63) is 28.4 Å². The smallest absolute Gasteiger partial charge is 0.375 e. The third-order valence-electron chi connectivity index (χ3n) is 5.36. The normalized spacial score (nSPS) is 22.8. The Kier molecular flexibility index (Phi) is 4.48. The van der Waals surface area contributed by atoms with E-state index in [9.17, 15) is 24.6 Å². The number of nitrogens with two attached hydrogens (primary N) is 1. The first-order chi connectivity index (χ1) is 14.4. The highest BCUT2D eigenvalue weighted by molar-refractivity contribution is 8.01. The van der Waals surface area contributed by atoms with E-state index in [0.717, 1.165) is 30.5 Å². The number of aryl methyl sites for hydroxylation is 1. The average molecular weight is 448 g/mol. The zero-order valence-corrected chi connectivity index (χ0v) is 17.1. The molecule has 1 aliphatic carbocycles. The van der Waals surface area contributed by atoms with Crippen molar-refractivity contribution in [1.29, 1.82) is 0 Å². The number of carbonyl (C=O) groups excluding carboxylic acids is 1. The lowest BCUT2D eigenvalue weighted by Gasteiger charge is -2.48. The molecule has 11 nitrogen and oxygen atoms in total. The quantitative estimate of drug-likeness (QED) is 0.320. The predicted molar refractivity (Wildman–Crippen MR) is 106 cm³/mol. The zero-order chi connectivity index (χ0) is 21.2. The summed E-state index contributed by atoms with van der Waals surface area (Å²) in [6, 6.07) is -0.665. The standard InChI is InChI=1S/C17H16N6O5S2/c18-9-13(24)22-10(15(25)26)6(5-30-14(9)22)4-29-12-7-2-1-3-8(7)23-17(20-12)19-11(21-23)16(27)28/h9,14H,1-5,18H2,(H,25,26)(H,27,28)/t9-,14-/m1/s1. The van der Waals surface area contributed by atoms with E-state index >= 15 is 0 Å². The summed E-state index contributed by atoms with van der Waals surface area (Å²) in [7, 11) is 0. The minimum Gasteiger partial charge on any atom is -0.477 e. The number of fused-ring (bicyclic) bond motifs is 4. The number of aromatic nitrogens is 4. The highest BCUT2D eigenvalue weighted by atomic mass is 32.2. The lowest BCUT2D eigenvalue weighted by molar-refractivity contribution is -0.147. The fraction of sp³-hybridized carbons (Fsp3) is 0.412. The molecule has 1 amide bonds. The van der Waals surface area contributed by atoms with Crippen LogP contribution in [0.5, 0.6) is 0 Å². The third-order valence-corrected chi connectivity index (χ3v) is 7.82. The number of carboxylic acid groups (broad SMARTS) is 2. The summed E-state index contributed by atoms with van der Waals surface area (Å²) < 4.78 is 1.49. The van der Waals surface area contributed by atoms with Crippen LogP contribution in [0.3, 0.4) is 0 Å². The third kappa shape index (κ3) is 2.80. The van der Waals surface area contributed by atoms with Gasteiger partial charge in [0.25, 0.3) is 11.6 Å². The van der Waals surface area contributed by atoms with Gasteiger partial charge in [-0.2, -0.15) is 4.98 Å². The molecule has 2 aromatic heterocycles. The Hall–Kier alpha value is -2.64. The summed E-state index contributed by atoms with van der Waals surface area (Å²) in [5.74, 6) is -2.03. The van der Waals surface area contributed by atoms with E-state index < -0.39 is 18.0 Å². The van der Waals surface area contributed by atoms with Gasteiger partial charge in [-0.1, -0.05) is 0 Å². The van der Waals surface area contributed by atoms with Gasteiger partial charge in [0.15, 0.2) is 0 Å². The maximum absolute atomic E-state index is 12.1. The van der Waals surface area contributed by atoms with E-state index in [4.69, 9.17) is 5.73 Å². The molecule has 13 heteroatoms. The summed E-state index contributed by atoms with van der Waals surface area (Å²) in [5.41, 5.74) is 8.30. The Morgan fingerprint density at radius 3 is 2.77 bits per heavy atom. The highest BCUT2D eigenvalue weighted by Crippen LogP contribution is 2.41. The average Bonchev–Trinajstić information content (AvgIpc) is 3.37. The summed E-state index contributed by atoms with van der Waals surface area (Å²) in [6.07, 6.45) is 2.42. The van der Waals surface area contributed by atoms with Crippen LogP contribution in [0.4, 0.5) is 0 Å². The number of carbonyl (C=O) groups is 3. The molecular weight excluding hydrogens is 432 g/mol. The number of amides is 1. The molecule has 156 valence electrons. The molecule has 30 heavy (non-hydrogen) atoms. The molecule has 0 unspecified atom stereocenters. The van der Waals surface area contributed by atoms with Gasteiger partial charge in [-0.05, 0) is 24.8 Å². The largest absolute Gasteiger partial charge is 0.477 e. The van der Waals surface area contributed by atoms with Crippen LogP contribution in [0.15, 0.2) is 16.3 Å². The molecule has 2 aliphatic heterocycles. The number of nitrogens with zero attached hydrogens (tertiary/aromatic N) is 5. The first-order valence-electron chi connectivity index (χ1n) is 9.17. The second-order valence-corrected chi connectivity index (χ2v) is 9.20. The van der Waals surface area contributed by atoms with Gasteiger partial charge in [-0.15, -0.1) is 28.6 Å². The molecule has 1 saturated heterocycles. The number of β-lactam (4-membered cyclic amide) rings is 1. The SMILES string of the molecule is N[C@@H]1C(=O)N2C(C(=O)O)=C(CSc3nc4nc(C(=O)O)nn4c4c3CCC4)CS[C@H]12. The molecule has 4 N–H and O–H groups in total. The zero-order valence-electron chi connectivity index (χ0n) is 15.4. The molecule has 4 heterocycles. The van der Waals surface area contributed by atoms with Gasteiger partial charge in [0.1, 0.15) is 22.1 Å². The molecule has 0 aromatic carbocycles. The molecule has 3 aliphatic rings. The lowest BCUT2D eigenvalue weighted by Crippen LogP contribution is -2.68. The topological polar surface area (TPSA) is 164 Å². The Labute approximate surface area is 177 Å². The second kappa shape index (κ2) is 6.96. The molecule has 2 atom stereocenters. The minimum absolute atomic E-state index is 0.00585. The van der Waals surface area contributed by atoms with Gasteiger partial charge in [0.2, 0.25) is 5.91 Å². The van der Waals surface area contributed by atoms with Crippen molar-refractivity contribution in [2.75, 3.05) is 11.5 Å². The summed E-state index contributed by atoms with van der Waals surface area (Å²) >= 11 is 2.83. The molecule has 5 rings (SSSR count). The van der Waals surface area contributed by atoms with E-state index in [1.165, 1.54) is 32.9 Å². The van der Waals surface area contributed by atoms with Crippen LogP contribution < -0.4 is 5.73 Å². The van der Waals surface area contributed by atoms with Gasteiger partial charge < -0.3 is 15.9 Å². The second-order valence-electron chi connectivity index (χ2n) is 7.13. The predicted octanol–water partition coefficient (Wildman–Crippen LogP) is -0.0156. The summed E-state index contributed by atoms with van der Waals surface area (Å²) in [6.45, 7) is 0. The van der Waals surface area contributed by atoms with Gasteiger partial charge in [-0.3, -0.25) is 9.69 Å². The van der Waals surface area contributed by atoms with Crippen molar-refractivity contribution in [3.63, 3.8) is 0 Å². The van der Waals surface area contributed by atoms with Crippen molar-refractivity contribution < 1.29 is 24.6 Å². The lowest BCUT2D eigenvalue weighted by atomic mass is 10.0. The maximum atomic E-state index is 12.1. The van der Waals surface area contributed by atoms with Crippen molar-refractivity contribution in [2.45, 2.75) is 35.7 Å². The number of hydrogen-bond donors (Lipinski definition) is 3. The van der Waals surface area contributed by atoms with Crippen LogP contribution in [0.2, 0.25) is 0 Å². The van der Waals surface area contributed by atoms with Crippen LogP contribution in [0, 0.1) is 0 Å².